The second kappa shape index (κ2) is 5.00. The van der Waals surface area contributed by atoms with Gasteiger partial charge in [0.1, 0.15) is 6.04 Å². The molecule has 0 amide bonds. The van der Waals surface area contributed by atoms with Crippen LogP contribution in [0.3, 0.4) is 0 Å². The van der Waals surface area contributed by atoms with Gasteiger partial charge >= 0.3 is 5.97 Å². The number of carboxylic acids is 1. The van der Waals surface area contributed by atoms with Crippen LogP contribution in [-0.2, 0) is 4.79 Å². The maximum absolute atomic E-state index is 10.7. The molecule has 0 aromatic heterocycles. The van der Waals surface area contributed by atoms with Gasteiger partial charge < -0.3 is 5.11 Å². The second-order valence-corrected chi connectivity index (χ2v) is 3.19. The van der Waals surface area contributed by atoms with E-state index in [0.29, 0.717) is 0 Å². The van der Waals surface area contributed by atoms with Crippen molar-refractivity contribution in [3.8, 4) is 0 Å². The molecule has 3 aliphatic rings. The van der Waals surface area contributed by atoms with Gasteiger partial charge in [-0.05, 0) is 0 Å². The van der Waals surface area contributed by atoms with Gasteiger partial charge in [0.25, 0.3) is 0 Å². The highest BCUT2D eigenvalue weighted by atomic mass is 35.5. The van der Waals surface area contributed by atoms with Crippen LogP contribution < -0.4 is 0 Å². The van der Waals surface area contributed by atoms with Gasteiger partial charge in [-0.25, -0.2) is 0 Å². The normalized spacial score (nSPS) is 35.8. The minimum absolute atomic E-state index is 0. The summed E-state index contributed by atoms with van der Waals surface area (Å²) in [6.07, 6.45) is 0. The molecule has 3 rings (SSSR count). The number of carboxylic acid groups (broad SMARTS) is 1. The maximum atomic E-state index is 10.7. The Kier molecular flexibility index (Phi) is 4.99. The van der Waals surface area contributed by atoms with E-state index in [1.165, 1.54) is 0 Å². The summed E-state index contributed by atoms with van der Waals surface area (Å²) in [7, 11) is 0. The van der Waals surface area contributed by atoms with Crippen LogP contribution in [0.15, 0.2) is 0 Å². The molecule has 1 N–H and O–H groups in total. The van der Waals surface area contributed by atoms with Gasteiger partial charge in [-0.1, -0.05) is 0 Å². The highest BCUT2D eigenvalue weighted by molar-refractivity contribution is 5.85. The van der Waals surface area contributed by atoms with Crippen LogP contribution in [0.4, 0.5) is 0 Å². The lowest BCUT2D eigenvalue weighted by molar-refractivity contribution is -0.148. The summed E-state index contributed by atoms with van der Waals surface area (Å²) >= 11 is 0. The molecule has 3 heterocycles. The molecular weight excluding hydrogens is 215 g/mol. The van der Waals surface area contributed by atoms with Gasteiger partial charge in [0.2, 0.25) is 0 Å². The third-order valence-electron chi connectivity index (χ3n) is 2.56. The number of carbonyl (C=O) groups is 1. The zero-order chi connectivity index (χ0) is 7.84. The van der Waals surface area contributed by atoms with E-state index < -0.39 is 5.97 Å². The number of piperazine rings is 3. The number of fused-ring (bicyclic) bond motifs is 3. The number of nitrogens with zero attached hydrogens (tertiary/aromatic N) is 2. The Balaban J connectivity index is 0.000000720. The number of rotatable bonds is 1. The molecule has 1 unspecified atom stereocenters. The van der Waals surface area contributed by atoms with E-state index in [2.05, 4.69) is 9.80 Å². The zero-order valence-corrected chi connectivity index (χ0v) is 8.81. The Morgan fingerprint density at radius 3 is 1.92 bits per heavy atom. The van der Waals surface area contributed by atoms with Crippen molar-refractivity contribution in [3.63, 3.8) is 0 Å². The first-order valence-corrected chi connectivity index (χ1v) is 3.96. The standard InChI is InChI=1S/C7H12N2O2.2ClH/c10-7(11)6-5-8-1-3-9(6)4-2-8;;/h6H,1-5H2,(H,10,11);2*1H. The average Bonchev–Trinajstić information content (AvgIpc) is 2.06. The summed E-state index contributed by atoms with van der Waals surface area (Å²) in [6.45, 7) is 4.66. The van der Waals surface area contributed by atoms with E-state index in [4.69, 9.17) is 5.11 Å². The molecule has 0 aromatic carbocycles. The predicted octanol–water partition coefficient (Wildman–Crippen LogP) is -0.0856. The number of hydrogen-bond donors (Lipinski definition) is 1. The maximum Gasteiger partial charge on any atom is 0.322 e. The summed E-state index contributed by atoms with van der Waals surface area (Å²) < 4.78 is 0. The largest absolute Gasteiger partial charge is 0.480 e. The fourth-order valence-electron chi connectivity index (χ4n) is 1.85. The lowest BCUT2D eigenvalue weighted by atomic mass is 10.1. The smallest absolute Gasteiger partial charge is 0.322 e. The van der Waals surface area contributed by atoms with Crippen molar-refractivity contribution in [2.45, 2.75) is 6.04 Å². The molecule has 4 nitrogen and oxygen atoms in total. The summed E-state index contributed by atoms with van der Waals surface area (Å²) in [5.74, 6) is -0.672. The molecule has 2 bridgehead atoms. The quantitative estimate of drug-likeness (QED) is 0.682. The second-order valence-electron chi connectivity index (χ2n) is 3.19. The summed E-state index contributed by atoms with van der Waals surface area (Å²) in [5, 5.41) is 8.79. The van der Waals surface area contributed by atoms with Crippen molar-refractivity contribution in [2.75, 3.05) is 32.7 Å². The van der Waals surface area contributed by atoms with Gasteiger partial charge in [-0.2, -0.15) is 0 Å². The van der Waals surface area contributed by atoms with Gasteiger partial charge in [-0.15, -0.1) is 24.8 Å². The third-order valence-corrected chi connectivity index (χ3v) is 2.56. The Morgan fingerprint density at radius 2 is 1.69 bits per heavy atom. The molecule has 13 heavy (non-hydrogen) atoms. The van der Waals surface area contributed by atoms with Crippen molar-refractivity contribution in [2.24, 2.45) is 0 Å². The van der Waals surface area contributed by atoms with E-state index in [-0.39, 0.29) is 30.9 Å². The van der Waals surface area contributed by atoms with Crippen LogP contribution in [0.5, 0.6) is 0 Å². The van der Waals surface area contributed by atoms with Crippen LogP contribution in [0, 0.1) is 0 Å². The van der Waals surface area contributed by atoms with Crippen molar-refractivity contribution in [1.82, 2.24) is 9.80 Å². The lowest BCUT2D eigenvalue weighted by Crippen LogP contribution is -2.63. The van der Waals surface area contributed by atoms with Gasteiger partial charge in [0.15, 0.2) is 0 Å². The van der Waals surface area contributed by atoms with E-state index in [0.717, 1.165) is 32.7 Å². The van der Waals surface area contributed by atoms with Gasteiger partial charge in [-0.3, -0.25) is 14.6 Å². The monoisotopic (exact) mass is 228 g/mol. The summed E-state index contributed by atoms with van der Waals surface area (Å²) in [5.41, 5.74) is 0. The highest BCUT2D eigenvalue weighted by Crippen LogP contribution is 2.15. The minimum atomic E-state index is -0.672. The van der Waals surface area contributed by atoms with Crippen LogP contribution in [0.25, 0.3) is 0 Å². The van der Waals surface area contributed by atoms with E-state index in [1.54, 1.807) is 0 Å². The number of hydrogen-bond acceptors (Lipinski definition) is 3. The van der Waals surface area contributed by atoms with Crippen LogP contribution in [-0.4, -0.2) is 59.6 Å². The fourth-order valence-corrected chi connectivity index (χ4v) is 1.85. The first kappa shape index (κ1) is 13.0. The van der Waals surface area contributed by atoms with Crippen LogP contribution >= 0.6 is 24.8 Å². The van der Waals surface area contributed by atoms with Gasteiger partial charge in [0.05, 0.1) is 0 Å². The molecule has 3 fully saturated rings. The Hall–Kier alpha value is -0.0300. The molecule has 0 spiro atoms. The van der Waals surface area contributed by atoms with E-state index in [1.807, 2.05) is 0 Å². The average molecular weight is 229 g/mol. The molecule has 78 valence electrons. The minimum Gasteiger partial charge on any atom is -0.480 e. The van der Waals surface area contributed by atoms with E-state index in [9.17, 15) is 4.79 Å². The highest BCUT2D eigenvalue weighted by Gasteiger charge is 2.35. The molecule has 0 radical (unpaired) electrons. The molecule has 3 aliphatic heterocycles. The first-order valence-electron chi connectivity index (χ1n) is 3.96. The molecule has 6 heteroatoms. The fraction of sp³-hybridized carbons (Fsp3) is 0.857. The van der Waals surface area contributed by atoms with Crippen molar-refractivity contribution < 1.29 is 9.90 Å². The van der Waals surface area contributed by atoms with Crippen molar-refractivity contribution in [1.29, 1.82) is 0 Å². The molecule has 3 saturated heterocycles. The van der Waals surface area contributed by atoms with Crippen LogP contribution in [0.1, 0.15) is 0 Å². The molecule has 0 aromatic rings. The number of aliphatic carboxylic acids is 1. The third kappa shape index (κ3) is 2.47. The number of halogens is 2. The zero-order valence-electron chi connectivity index (χ0n) is 7.18. The summed E-state index contributed by atoms with van der Waals surface area (Å²) in [6, 6.07) is -0.238. The molecule has 0 saturated carbocycles. The lowest BCUT2D eigenvalue weighted by Gasteiger charge is -2.45. The van der Waals surface area contributed by atoms with Crippen molar-refractivity contribution >= 4 is 30.8 Å². The molecular formula is C7H14Cl2N2O2. The van der Waals surface area contributed by atoms with Gasteiger partial charge in [0, 0.05) is 32.7 Å². The summed E-state index contributed by atoms with van der Waals surface area (Å²) in [4.78, 5) is 15.0. The molecule has 0 aliphatic carbocycles. The Labute approximate surface area is 89.7 Å². The van der Waals surface area contributed by atoms with Crippen LogP contribution in [0.2, 0.25) is 0 Å². The SMILES string of the molecule is Cl.Cl.O=C(O)C1CN2CCN1CC2. The molecule has 1 atom stereocenters. The Morgan fingerprint density at radius 1 is 1.15 bits per heavy atom. The van der Waals surface area contributed by atoms with E-state index >= 15 is 0 Å². The predicted molar refractivity (Wildman–Crippen MR) is 53.9 cm³/mol. The van der Waals surface area contributed by atoms with Crippen molar-refractivity contribution in [3.05, 3.63) is 0 Å². The Bertz CT molecular complexity index is 183. The topological polar surface area (TPSA) is 43.8 Å². The first-order chi connectivity index (χ1) is 5.27.